The lowest BCUT2D eigenvalue weighted by molar-refractivity contribution is -0.384. The molecule has 3 rings (SSSR count). The van der Waals surface area contributed by atoms with Crippen molar-refractivity contribution in [3.05, 3.63) is 69.0 Å². The third-order valence-electron chi connectivity index (χ3n) is 4.41. The van der Waals surface area contributed by atoms with Gasteiger partial charge in [0, 0.05) is 38.0 Å². The van der Waals surface area contributed by atoms with Crippen LogP contribution in [0.3, 0.4) is 0 Å². The number of hydrogen-bond donors (Lipinski definition) is 0. The number of carbonyl (C=O) groups is 1. The number of methoxy groups -OCH3 is 1. The molecular formula is C21H23N3O4S2. The van der Waals surface area contributed by atoms with Crippen molar-refractivity contribution in [3.63, 3.8) is 0 Å². The lowest BCUT2D eigenvalue weighted by Crippen LogP contribution is -2.19. The van der Waals surface area contributed by atoms with Crippen molar-refractivity contribution in [2.75, 3.05) is 19.5 Å². The van der Waals surface area contributed by atoms with Crippen LogP contribution in [0.2, 0.25) is 0 Å². The minimum atomic E-state index is -0.423. The van der Waals surface area contributed by atoms with E-state index in [1.165, 1.54) is 29.0 Å². The molecule has 1 amide bonds. The number of ether oxygens (including phenoxy) is 1. The Bertz CT molecular complexity index is 1080. The first-order valence-electron chi connectivity index (χ1n) is 9.54. The van der Waals surface area contributed by atoms with Gasteiger partial charge in [0.25, 0.3) is 5.69 Å². The summed E-state index contributed by atoms with van der Waals surface area (Å²) in [7, 11) is 1.61. The van der Waals surface area contributed by atoms with Crippen molar-refractivity contribution in [2.24, 2.45) is 4.99 Å². The van der Waals surface area contributed by atoms with Gasteiger partial charge in [-0.3, -0.25) is 14.9 Å². The van der Waals surface area contributed by atoms with E-state index in [4.69, 9.17) is 4.74 Å². The second kappa shape index (κ2) is 11.1. The number of non-ortho nitro benzene ring substituents is 1. The fourth-order valence-electron chi connectivity index (χ4n) is 2.91. The summed E-state index contributed by atoms with van der Waals surface area (Å²) >= 11 is 3.09. The molecule has 0 unspecified atom stereocenters. The van der Waals surface area contributed by atoms with E-state index in [1.54, 1.807) is 24.9 Å². The van der Waals surface area contributed by atoms with Crippen LogP contribution in [0, 0.1) is 10.1 Å². The van der Waals surface area contributed by atoms with Crippen molar-refractivity contribution in [1.82, 2.24) is 4.57 Å². The molecule has 2 aromatic carbocycles. The minimum absolute atomic E-state index is 0.0240. The van der Waals surface area contributed by atoms with E-state index in [0.29, 0.717) is 24.4 Å². The minimum Gasteiger partial charge on any atom is -0.383 e. The molecule has 9 heteroatoms. The quantitative estimate of drug-likeness (QED) is 0.262. The maximum absolute atomic E-state index is 12.4. The normalized spacial score (nSPS) is 11.8. The van der Waals surface area contributed by atoms with E-state index in [0.717, 1.165) is 28.1 Å². The lowest BCUT2D eigenvalue weighted by atomic mass is 10.2. The Morgan fingerprint density at radius 3 is 2.80 bits per heavy atom. The SMILES string of the molecule is COCCn1c(=NC(=O)CCCSCc2ccccc2)sc2cc([N+](=O)[O-])ccc21. The fourth-order valence-corrected chi connectivity index (χ4v) is 4.94. The highest BCUT2D eigenvalue weighted by molar-refractivity contribution is 7.98. The van der Waals surface area contributed by atoms with E-state index in [-0.39, 0.29) is 11.6 Å². The highest BCUT2D eigenvalue weighted by Gasteiger charge is 2.12. The largest absolute Gasteiger partial charge is 0.383 e. The van der Waals surface area contributed by atoms with Gasteiger partial charge in [-0.25, -0.2) is 0 Å². The first-order chi connectivity index (χ1) is 14.6. The molecule has 0 saturated heterocycles. The van der Waals surface area contributed by atoms with Gasteiger partial charge in [-0.15, -0.1) is 0 Å². The number of amides is 1. The van der Waals surface area contributed by atoms with E-state index >= 15 is 0 Å². The maximum Gasteiger partial charge on any atom is 0.270 e. The van der Waals surface area contributed by atoms with Gasteiger partial charge in [-0.1, -0.05) is 41.7 Å². The Hall–Kier alpha value is -2.49. The number of thioether (sulfide) groups is 1. The van der Waals surface area contributed by atoms with E-state index in [1.807, 2.05) is 22.8 Å². The number of benzene rings is 2. The molecule has 158 valence electrons. The standard InChI is InChI=1S/C21H23N3O4S2/c1-28-12-11-23-18-10-9-17(24(26)27)14-19(18)30-21(23)22-20(25)8-5-13-29-15-16-6-3-2-4-7-16/h2-4,6-7,9-10,14H,5,8,11-13,15H2,1H3. The van der Waals surface area contributed by atoms with Gasteiger partial charge in [0.15, 0.2) is 4.80 Å². The van der Waals surface area contributed by atoms with Crippen LogP contribution in [-0.4, -0.2) is 34.9 Å². The van der Waals surface area contributed by atoms with Crippen molar-refractivity contribution in [2.45, 2.75) is 25.1 Å². The smallest absolute Gasteiger partial charge is 0.270 e. The van der Waals surface area contributed by atoms with E-state index in [2.05, 4.69) is 17.1 Å². The molecule has 0 saturated carbocycles. The van der Waals surface area contributed by atoms with Gasteiger partial charge in [-0.05, 0) is 23.8 Å². The predicted octanol–water partition coefficient (Wildman–Crippen LogP) is 4.40. The van der Waals surface area contributed by atoms with Crippen LogP contribution in [0.15, 0.2) is 53.5 Å². The molecule has 0 atom stereocenters. The van der Waals surface area contributed by atoms with Gasteiger partial charge in [-0.2, -0.15) is 16.8 Å². The first kappa shape index (κ1) is 22.2. The molecule has 30 heavy (non-hydrogen) atoms. The second-order valence-electron chi connectivity index (χ2n) is 6.59. The summed E-state index contributed by atoms with van der Waals surface area (Å²) in [5, 5.41) is 11.1. The summed E-state index contributed by atoms with van der Waals surface area (Å²) < 4.78 is 7.77. The molecule has 0 N–H and O–H groups in total. The second-order valence-corrected chi connectivity index (χ2v) is 8.70. The van der Waals surface area contributed by atoms with Crippen LogP contribution < -0.4 is 4.80 Å². The molecule has 1 aromatic heterocycles. The zero-order valence-corrected chi connectivity index (χ0v) is 18.3. The third kappa shape index (κ3) is 6.01. The summed E-state index contributed by atoms with van der Waals surface area (Å²) in [6, 6.07) is 14.9. The molecule has 0 fully saturated rings. The Balaban J connectivity index is 1.66. The number of nitro groups is 1. The monoisotopic (exact) mass is 445 g/mol. The van der Waals surface area contributed by atoms with E-state index < -0.39 is 4.92 Å². The number of nitro benzene ring substituents is 1. The average molecular weight is 446 g/mol. The number of hydrogen-bond acceptors (Lipinski definition) is 6. The topological polar surface area (TPSA) is 86.7 Å². The fraction of sp³-hybridized carbons (Fsp3) is 0.333. The zero-order valence-electron chi connectivity index (χ0n) is 16.7. The zero-order chi connectivity index (χ0) is 21.3. The molecule has 7 nitrogen and oxygen atoms in total. The van der Waals surface area contributed by atoms with Crippen LogP contribution in [0.5, 0.6) is 0 Å². The van der Waals surface area contributed by atoms with Crippen molar-refractivity contribution in [3.8, 4) is 0 Å². The van der Waals surface area contributed by atoms with Crippen LogP contribution in [0.1, 0.15) is 18.4 Å². The molecule has 0 aliphatic carbocycles. The molecule has 0 spiro atoms. The highest BCUT2D eigenvalue weighted by Crippen LogP contribution is 2.23. The van der Waals surface area contributed by atoms with Crippen molar-refractivity contribution < 1.29 is 14.5 Å². The summed E-state index contributed by atoms with van der Waals surface area (Å²) in [5.74, 6) is 1.64. The predicted molar refractivity (Wildman–Crippen MR) is 121 cm³/mol. The van der Waals surface area contributed by atoms with E-state index in [9.17, 15) is 14.9 Å². The Morgan fingerprint density at radius 2 is 2.07 bits per heavy atom. The molecule has 0 radical (unpaired) electrons. The average Bonchev–Trinajstić information content (AvgIpc) is 3.08. The number of carbonyl (C=O) groups excluding carboxylic acids is 1. The summed E-state index contributed by atoms with van der Waals surface area (Å²) in [6.07, 6.45) is 1.13. The van der Waals surface area contributed by atoms with Crippen LogP contribution in [0.4, 0.5) is 5.69 Å². The molecule has 0 aliphatic rings. The number of aromatic nitrogens is 1. The molecule has 3 aromatic rings. The van der Waals surface area contributed by atoms with Gasteiger partial charge >= 0.3 is 0 Å². The van der Waals surface area contributed by atoms with Crippen LogP contribution in [0.25, 0.3) is 10.2 Å². The number of rotatable bonds is 10. The maximum atomic E-state index is 12.4. The summed E-state index contributed by atoms with van der Waals surface area (Å²) in [4.78, 5) is 27.9. The van der Waals surface area contributed by atoms with Gasteiger partial charge in [0.1, 0.15) is 0 Å². The summed E-state index contributed by atoms with van der Waals surface area (Å²) in [6.45, 7) is 0.980. The van der Waals surface area contributed by atoms with Gasteiger partial charge in [0.2, 0.25) is 5.91 Å². The molecule has 1 heterocycles. The highest BCUT2D eigenvalue weighted by atomic mass is 32.2. The summed E-state index contributed by atoms with van der Waals surface area (Å²) in [5.41, 5.74) is 2.11. The van der Waals surface area contributed by atoms with Gasteiger partial charge < -0.3 is 9.30 Å². The Kier molecular flexibility index (Phi) is 8.18. The Morgan fingerprint density at radius 1 is 1.27 bits per heavy atom. The Labute approximate surface area is 182 Å². The van der Waals surface area contributed by atoms with Gasteiger partial charge in [0.05, 0.1) is 21.7 Å². The van der Waals surface area contributed by atoms with Crippen LogP contribution in [-0.2, 0) is 21.8 Å². The number of fused-ring (bicyclic) bond motifs is 1. The van der Waals surface area contributed by atoms with Crippen molar-refractivity contribution >= 4 is 44.9 Å². The number of thiazole rings is 1. The van der Waals surface area contributed by atoms with Crippen molar-refractivity contribution in [1.29, 1.82) is 0 Å². The molecular weight excluding hydrogens is 422 g/mol. The molecule has 0 aliphatic heterocycles. The lowest BCUT2D eigenvalue weighted by Gasteiger charge is -2.04. The number of nitrogens with zero attached hydrogens (tertiary/aromatic N) is 3. The third-order valence-corrected chi connectivity index (χ3v) is 6.56. The molecule has 0 bridgehead atoms. The van der Waals surface area contributed by atoms with Crippen LogP contribution >= 0.6 is 23.1 Å². The first-order valence-corrected chi connectivity index (χ1v) is 11.5.